The molecule has 1 heterocycles. The van der Waals surface area contributed by atoms with Crippen LogP contribution in [0.4, 0.5) is 0 Å². The van der Waals surface area contributed by atoms with Crippen molar-refractivity contribution in [1.82, 2.24) is 20.6 Å². The van der Waals surface area contributed by atoms with Crippen molar-refractivity contribution in [3.8, 4) is 17.2 Å². The summed E-state index contributed by atoms with van der Waals surface area (Å²) in [4.78, 5) is 24.9. The van der Waals surface area contributed by atoms with Crippen LogP contribution in [0.5, 0.6) is 11.5 Å². The van der Waals surface area contributed by atoms with E-state index >= 15 is 0 Å². The quantitative estimate of drug-likeness (QED) is 0.571. The van der Waals surface area contributed by atoms with Gasteiger partial charge in [-0.3, -0.25) is 20.4 Å². The summed E-state index contributed by atoms with van der Waals surface area (Å²) in [5.74, 6) is 0.304. The van der Waals surface area contributed by atoms with Gasteiger partial charge >= 0.3 is 0 Å². The van der Waals surface area contributed by atoms with E-state index < -0.39 is 17.9 Å². The van der Waals surface area contributed by atoms with Gasteiger partial charge in [0.25, 0.3) is 11.8 Å². The molecule has 0 radical (unpaired) electrons. The largest absolute Gasteiger partial charge is 0.494 e. The van der Waals surface area contributed by atoms with Crippen LogP contribution in [-0.4, -0.2) is 34.3 Å². The number of carbonyl (C=O) groups is 2. The molecule has 1 unspecified atom stereocenters. The van der Waals surface area contributed by atoms with Crippen molar-refractivity contribution in [3.63, 3.8) is 0 Å². The Morgan fingerprint density at radius 3 is 2.39 bits per heavy atom. The smallest absolute Gasteiger partial charge is 0.279 e. The summed E-state index contributed by atoms with van der Waals surface area (Å²) in [5.41, 5.74) is 7.77. The molecule has 0 aliphatic rings. The number of hydrogen-bond donors (Lipinski definition) is 2. The monoisotopic (exact) mass is 422 g/mol. The first-order valence-electron chi connectivity index (χ1n) is 10.0. The minimum Gasteiger partial charge on any atom is -0.494 e. The molecular formula is C23H26N4O4. The van der Waals surface area contributed by atoms with Gasteiger partial charge in [0.2, 0.25) is 0 Å². The Bertz CT molecular complexity index is 1060. The van der Waals surface area contributed by atoms with Gasteiger partial charge in [0.15, 0.2) is 6.10 Å². The lowest BCUT2D eigenvalue weighted by atomic mass is 10.2. The van der Waals surface area contributed by atoms with Crippen molar-refractivity contribution in [2.75, 3.05) is 6.61 Å². The fourth-order valence-corrected chi connectivity index (χ4v) is 3.00. The molecule has 3 aromatic rings. The van der Waals surface area contributed by atoms with Gasteiger partial charge in [-0.1, -0.05) is 18.2 Å². The Morgan fingerprint density at radius 1 is 1.03 bits per heavy atom. The zero-order valence-electron chi connectivity index (χ0n) is 18.0. The van der Waals surface area contributed by atoms with Crippen molar-refractivity contribution in [3.05, 3.63) is 71.5 Å². The maximum atomic E-state index is 12.5. The number of ether oxygens (including phenoxy) is 2. The average Bonchev–Trinajstić information content (AvgIpc) is 3.14. The molecule has 3 rings (SSSR count). The minimum absolute atomic E-state index is 0.364. The Hall–Kier alpha value is -3.81. The van der Waals surface area contributed by atoms with E-state index in [1.165, 1.54) is 6.20 Å². The molecule has 31 heavy (non-hydrogen) atoms. The number of hydrogen-bond acceptors (Lipinski definition) is 5. The van der Waals surface area contributed by atoms with Crippen LogP contribution >= 0.6 is 0 Å². The highest BCUT2D eigenvalue weighted by molar-refractivity contribution is 5.96. The average molecular weight is 422 g/mol. The molecular weight excluding hydrogens is 396 g/mol. The van der Waals surface area contributed by atoms with Crippen LogP contribution in [0.1, 0.15) is 35.5 Å². The Labute approximate surface area is 181 Å². The molecule has 1 atom stereocenters. The van der Waals surface area contributed by atoms with Gasteiger partial charge in [0.1, 0.15) is 11.5 Å². The first-order chi connectivity index (χ1) is 14.9. The van der Waals surface area contributed by atoms with Crippen molar-refractivity contribution in [2.45, 2.75) is 33.8 Å². The highest BCUT2D eigenvalue weighted by Gasteiger charge is 2.19. The number of benzene rings is 2. The summed E-state index contributed by atoms with van der Waals surface area (Å²) < 4.78 is 12.7. The van der Waals surface area contributed by atoms with Crippen LogP contribution in [0.25, 0.3) is 5.69 Å². The second-order valence-electron chi connectivity index (χ2n) is 6.95. The van der Waals surface area contributed by atoms with E-state index in [0.29, 0.717) is 23.6 Å². The van der Waals surface area contributed by atoms with Crippen LogP contribution in [0, 0.1) is 13.8 Å². The standard InChI is InChI=1S/C23H26N4O4/c1-5-30-18-10-12-19(13-11-18)31-17(4)22(28)25-26-23(29)20-14-24-27(16(20)3)21-9-7-6-8-15(21)2/h6-14,17H,5H2,1-4H3,(H,25,28)(H,26,29). The van der Waals surface area contributed by atoms with E-state index in [4.69, 9.17) is 9.47 Å². The molecule has 0 fully saturated rings. The number of carbonyl (C=O) groups excluding carboxylic acids is 2. The van der Waals surface area contributed by atoms with Crippen molar-refractivity contribution in [2.24, 2.45) is 0 Å². The molecule has 8 nitrogen and oxygen atoms in total. The number of aryl methyl sites for hydroxylation is 1. The maximum absolute atomic E-state index is 12.5. The number of amides is 2. The third kappa shape index (κ3) is 5.22. The Morgan fingerprint density at radius 2 is 1.71 bits per heavy atom. The molecule has 162 valence electrons. The molecule has 0 bridgehead atoms. The summed E-state index contributed by atoms with van der Waals surface area (Å²) >= 11 is 0. The number of nitrogens with zero attached hydrogens (tertiary/aromatic N) is 2. The molecule has 0 saturated heterocycles. The first-order valence-corrected chi connectivity index (χ1v) is 10.0. The summed E-state index contributed by atoms with van der Waals surface area (Å²) in [5, 5.41) is 4.31. The van der Waals surface area contributed by atoms with Gasteiger partial charge in [-0.2, -0.15) is 5.10 Å². The molecule has 0 aliphatic heterocycles. The molecule has 8 heteroatoms. The van der Waals surface area contributed by atoms with Gasteiger partial charge in [0.05, 0.1) is 29.7 Å². The SMILES string of the molecule is CCOc1ccc(OC(C)C(=O)NNC(=O)c2cnn(-c3ccccc3C)c2C)cc1. The van der Waals surface area contributed by atoms with Gasteiger partial charge in [0, 0.05) is 0 Å². The van der Waals surface area contributed by atoms with Gasteiger partial charge in [-0.25, -0.2) is 4.68 Å². The van der Waals surface area contributed by atoms with E-state index in [0.717, 1.165) is 17.0 Å². The zero-order chi connectivity index (χ0) is 22.4. The number of rotatable bonds is 7. The maximum Gasteiger partial charge on any atom is 0.279 e. The van der Waals surface area contributed by atoms with Crippen molar-refractivity contribution < 1.29 is 19.1 Å². The van der Waals surface area contributed by atoms with Crippen molar-refractivity contribution >= 4 is 11.8 Å². The lowest BCUT2D eigenvalue weighted by Gasteiger charge is -2.15. The fourth-order valence-electron chi connectivity index (χ4n) is 3.00. The number of nitrogens with one attached hydrogen (secondary N) is 2. The predicted octanol–water partition coefficient (Wildman–Crippen LogP) is 3.12. The summed E-state index contributed by atoms with van der Waals surface area (Å²) in [7, 11) is 0. The lowest BCUT2D eigenvalue weighted by molar-refractivity contribution is -0.128. The number of para-hydroxylation sites is 1. The lowest BCUT2D eigenvalue weighted by Crippen LogP contribution is -2.47. The van der Waals surface area contributed by atoms with E-state index in [2.05, 4.69) is 16.0 Å². The van der Waals surface area contributed by atoms with Crippen LogP contribution in [-0.2, 0) is 4.79 Å². The molecule has 1 aromatic heterocycles. The van der Waals surface area contributed by atoms with Crippen LogP contribution in [0.3, 0.4) is 0 Å². The van der Waals surface area contributed by atoms with Crippen molar-refractivity contribution in [1.29, 1.82) is 0 Å². The fraction of sp³-hybridized carbons (Fsp3) is 0.261. The van der Waals surface area contributed by atoms with Crippen LogP contribution in [0.2, 0.25) is 0 Å². The number of aromatic nitrogens is 2. The summed E-state index contributed by atoms with van der Waals surface area (Å²) in [6.07, 6.45) is 0.664. The summed E-state index contributed by atoms with van der Waals surface area (Å²) in [6, 6.07) is 14.7. The van der Waals surface area contributed by atoms with E-state index in [1.54, 1.807) is 42.8 Å². The van der Waals surface area contributed by atoms with Gasteiger partial charge < -0.3 is 9.47 Å². The highest BCUT2D eigenvalue weighted by atomic mass is 16.5. The van der Waals surface area contributed by atoms with E-state index in [-0.39, 0.29) is 0 Å². The van der Waals surface area contributed by atoms with E-state index in [9.17, 15) is 9.59 Å². The Kier molecular flexibility index (Phi) is 6.92. The minimum atomic E-state index is -0.811. The number of hydrazine groups is 1. The molecule has 2 aromatic carbocycles. The van der Waals surface area contributed by atoms with Gasteiger partial charge in [-0.05, 0) is 63.6 Å². The second-order valence-corrected chi connectivity index (χ2v) is 6.95. The normalized spacial score (nSPS) is 11.5. The predicted molar refractivity (Wildman–Crippen MR) is 116 cm³/mol. The molecule has 0 aliphatic carbocycles. The first kappa shape index (κ1) is 21.9. The molecule has 2 amide bonds. The van der Waals surface area contributed by atoms with Crippen LogP contribution < -0.4 is 20.3 Å². The molecule has 2 N–H and O–H groups in total. The van der Waals surface area contributed by atoms with Gasteiger partial charge in [-0.15, -0.1) is 0 Å². The summed E-state index contributed by atoms with van der Waals surface area (Å²) in [6.45, 7) is 7.85. The third-order valence-electron chi connectivity index (χ3n) is 4.71. The van der Waals surface area contributed by atoms with Crippen LogP contribution in [0.15, 0.2) is 54.7 Å². The topological polar surface area (TPSA) is 94.5 Å². The third-order valence-corrected chi connectivity index (χ3v) is 4.71. The second kappa shape index (κ2) is 9.80. The molecule has 0 saturated carbocycles. The highest BCUT2D eigenvalue weighted by Crippen LogP contribution is 2.19. The van der Waals surface area contributed by atoms with E-state index in [1.807, 2.05) is 38.1 Å². The molecule has 0 spiro atoms. The zero-order valence-corrected chi connectivity index (χ0v) is 18.0. The Balaban J connectivity index is 1.58.